The van der Waals surface area contributed by atoms with Gasteiger partial charge in [0, 0.05) is 11.8 Å². The molecule has 4 aliphatic carbocycles. The van der Waals surface area contributed by atoms with Crippen LogP contribution in [-0.2, 0) is 9.59 Å². The highest BCUT2D eigenvalue weighted by atomic mass is 16.4. The van der Waals surface area contributed by atoms with Gasteiger partial charge < -0.3 is 10.2 Å². The van der Waals surface area contributed by atoms with E-state index in [0.29, 0.717) is 36.4 Å². The molecular weight excluding hydrogens is 316 g/mol. The molecule has 3 fully saturated rings. The van der Waals surface area contributed by atoms with Gasteiger partial charge in [0.05, 0.1) is 12.0 Å². The molecule has 4 heteroatoms. The molecule has 2 N–H and O–H groups in total. The predicted molar refractivity (Wildman–Crippen MR) is 93.9 cm³/mol. The maximum absolute atomic E-state index is 12.5. The van der Waals surface area contributed by atoms with Crippen LogP contribution in [0.4, 0.5) is 0 Å². The van der Waals surface area contributed by atoms with E-state index in [4.69, 9.17) is 5.11 Å². The van der Waals surface area contributed by atoms with Gasteiger partial charge in [-0.25, -0.2) is 0 Å². The number of carboxylic acid groups (broad SMARTS) is 1. The number of carbonyl (C=O) groups excluding carboxylic acids is 1. The first kappa shape index (κ1) is 17.3. The summed E-state index contributed by atoms with van der Waals surface area (Å²) in [5.74, 6) is 1.21. The number of fused-ring (bicyclic) bond motifs is 5. The second kappa shape index (κ2) is 5.42. The van der Waals surface area contributed by atoms with E-state index in [1.807, 2.05) is 0 Å². The minimum atomic E-state index is -1.09. The van der Waals surface area contributed by atoms with Crippen LogP contribution in [0, 0.1) is 28.6 Å². The molecule has 0 heterocycles. The van der Waals surface area contributed by atoms with Gasteiger partial charge in [0.15, 0.2) is 0 Å². The molecule has 0 bridgehead atoms. The maximum atomic E-state index is 12.5. The van der Waals surface area contributed by atoms with E-state index in [0.717, 1.165) is 38.5 Å². The first-order valence-corrected chi connectivity index (χ1v) is 9.85. The molecule has 4 nitrogen and oxygen atoms in total. The number of hydrogen-bond donors (Lipinski definition) is 2. The summed E-state index contributed by atoms with van der Waals surface area (Å²) in [5, 5.41) is 19.9. The van der Waals surface area contributed by atoms with Crippen molar-refractivity contribution in [2.45, 2.75) is 77.2 Å². The summed E-state index contributed by atoms with van der Waals surface area (Å²) < 4.78 is 0. The lowest BCUT2D eigenvalue weighted by molar-refractivity contribution is -0.145. The molecule has 0 spiro atoms. The van der Waals surface area contributed by atoms with Crippen molar-refractivity contribution in [1.82, 2.24) is 0 Å². The predicted octanol–water partition coefficient (Wildman–Crippen LogP) is 3.72. The monoisotopic (exact) mass is 346 g/mol. The number of hydrogen-bond acceptors (Lipinski definition) is 3. The Bertz CT molecular complexity index is 652. The van der Waals surface area contributed by atoms with Gasteiger partial charge in [-0.3, -0.25) is 9.59 Å². The van der Waals surface area contributed by atoms with Gasteiger partial charge in [0.25, 0.3) is 0 Å². The highest BCUT2D eigenvalue weighted by Crippen LogP contribution is 2.64. The fourth-order valence-electron chi connectivity index (χ4n) is 6.92. The molecule has 138 valence electrons. The minimum absolute atomic E-state index is 0.0701. The molecule has 4 rings (SSSR count). The number of rotatable bonds is 2. The van der Waals surface area contributed by atoms with Crippen molar-refractivity contribution in [2.24, 2.45) is 28.6 Å². The molecule has 6 atom stereocenters. The van der Waals surface area contributed by atoms with E-state index in [1.54, 1.807) is 0 Å². The van der Waals surface area contributed by atoms with Gasteiger partial charge in [0.1, 0.15) is 5.78 Å². The van der Waals surface area contributed by atoms with Crippen molar-refractivity contribution < 1.29 is 19.8 Å². The van der Waals surface area contributed by atoms with Crippen molar-refractivity contribution in [2.75, 3.05) is 0 Å². The van der Waals surface area contributed by atoms with Crippen molar-refractivity contribution in [3.05, 3.63) is 11.6 Å². The number of carbonyl (C=O) groups is 2. The van der Waals surface area contributed by atoms with Gasteiger partial charge in [0.2, 0.25) is 0 Å². The lowest BCUT2D eigenvalue weighted by Crippen LogP contribution is -2.52. The number of aliphatic carboxylic acids is 1. The van der Waals surface area contributed by atoms with Crippen LogP contribution in [0.5, 0.6) is 0 Å². The number of ketones is 1. The van der Waals surface area contributed by atoms with Crippen molar-refractivity contribution >= 4 is 11.8 Å². The Morgan fingerprint density at radius 3 is 2.60 bits per heavy atom. The van der Waals surface area contributed by atoms with E-state index in [9.17, 15) is 14.7 Å². The van der Waals surface area contributed by atoms with Gasteiger partial charge >= 0.3 is 5.97 Å². The first-order valence-electron chi connectivity index (χ1n) is 9.85. The highest BCUT2D eigenvalue weighted by molar-refractivity contribution is 5.87. The van der Waals surface area contributed by atoms with E-state index in [2.05, 4.69) is 19.9 Å². The van der Waals surface area contributed by atoms with Gasteiger partial charge in [-0.05, 0) is 68.1 Å². The zero-order chi connectivity index (χ0) is 18.0. The normalized spacial score (nSPS) is 49.0. The Morgan fingerprint density at radius 2 is 1.88 bits per heavy atom. The smallest absolute Gasteiger partial charge is 0.306 e. The zero-order valence-corrected chi connectivity index (χ0v) is 15.4. The molecular formula is C21H30O4. The van der Waals surface area contributed by atoms with Crippen LogP contribution in [-0.4, -0.2) is 27.6 Å². The maximum Gasteiger partial charge on any atom is 0.306 e. The first-order chi connectivity index (χ1) is 11.7. The molecule has 3 saturated carbocycles. The summed E-state index contributed by atoms with van der Waals surface area (Å²) in [6.07, 6.45) is 8.93. The molecule has 0 aromatic rings. The van der Waals surface area contributed by atoms with E-state index in [1.165, 1.54) is 5.57 Å². The molecule has 4 aliphatic rings. The summed E-state index contributed by atoms with van der Waals surface area (Å²) in [5.41, 5.74) is 0.148. The fraction of sp³-hybridized carbons (Fsp3) is 0.810. The SMILES string of the molecule is C[C@]12CCC(O)(CC(=O)O)CC1=CC[C@@H]1[C@@H]2CC[C@]2(C)C(=O)CC[C@@H]12. The molecule has 0 saturated heterocycles. The van der Waals surface area contributed by atoms with Gasteiger partial charge in [-0.2, -0.15) is 0 Å². The van der Waals surface area contributed by atoms with Crippen LogP contribution in [0.1, 0.15) is 71.6 Å². The van der Waals surface area contributed by atoms with Crippen LogP contribution >= 0.6 is 0 Å². The molecule has 0 radical (unpaired) electrons. The van der Waals surface area contributed by atoms with Gasteiger partial charge in [-0.15, -0.1) is 0 Å². The lowest BCUT2D eigenvalue weighted by atomic mass is 9.47. The average Bonchev–Trinajstić information content (AvgIpc) is 2.83. The third-order valence-electron chi connectivity index (χ3n) is 8.44. The second-order valence-electron chi connectivity index (χ2n) is 9.65. The molecule has 0 amide bonds. The number of aliphatic hydroxyl groups is 1. The quantitative estimate of drug-likeness (QED) is 0.747. The van der Waals surface area contributed by atoms with Crippen LogP contribution < -0.4 is 0 Å². The van der Waals surface area contributed by atoms with Crippen molar-refractivity contribution in [3.8, 4) is 0 Å². The van der Waals surface area contributed by atoms with Gasteiger partial charge in [-0.1, -0.05) is 25.5 Å². The lowest BCUT2D eigenvalue weighted by Gasteiger charge is -2.58. The molecule has 1 unspecified atom stereocenters. The third-order valence-corrected chi connectivity index (χ3v) is 8.44. The van der Waals surface area contributed by atoms with Crippen molar-refractivity contribution in [1.29, 1.82) is 0 Å². The Labute approximate surface area is 149 Å². The minimum Gasteiger partial charge on any atom is -0.481 e. The molecule has 0 aromatic carbocycles. The summed E-state index contributed by atoms with van der Waals surface area (Å²) in [4.78, 5) is 23.6. The Morgan fingerprint density at radius 1 is 1.16 bits per heavy atom. The Hall–Kier alpha value is -1.16. The number of Topliss-reactive ketones (excluding diaryl/α,β-unsaturated/α-hetero) is 1. The number of carboxylic acids is 1. The summed E-state index contributed by atoms with van der Waals surface area (Å²) >= 11 is 0. The standard InChI is InChI=1S/C21H30O4/c1-19-9-10-21(25,12-18(23)24)11-13(19)3-4-14-15-5-6-17(22)20(15,2)8-7-16(14)19/h3,14-16,25H,4-12H2,1-2H3,(H,23,24)/t14-,15-,16-,19-,20-,21?/m0/s1. The van der Waals surface area contributed by atoms with Crippen LogP contribution in [0.15, 0.2) is 11.6 Å². The van der Waals surface area contributed by atoms with Crippen LogP contribution in [0.2, 0.25) is 0 Å². The molecule has 0 aromatic heterocycles. The largest absolute Gasteiger partial charge is 0.481 e. The highest BCUT2D eigenvalue weighted by Gasteiger charge is 2.59. The van der Waals surface area contributed by atoms with E-state index in [-0.39, 0.29) is 17.3 Å². The number of allylic oxidation sites excluding steroid dienone is 1. The Kier molecular flexibility index (Phi) is 3.74. The summed E-state index contributed by atoms with van der Waals surface area (Å²) in [6.45, 7) is 4.52. The summed E-state index contributed by atoms with van der Waals surface area (Å²) in [6, 6.07) is 0. The van der Waals surface area contributed by atoms with E-state index < -0.39 is 11.6 Å². The summed E-state index contributed by atoms with van der Waals surface area (Å²) in [7, 11) is 0. The zero-order valence-electron chi connectivity index (χ0n) is 15.4. The van der Waals surface area contributed by atoms with Crippen molar-refractivity contribution in [3.63, 3.8) is 0 Å². The second-order valence-corrected chi connectivity index (χ2v) is 9.65. The van der Waals surface area contributed by atoms with Crippen LogP contribution in [0.3, 0.4) is 0 Å². The average molecular weight is 346 g/mol. The molecule has 0 aliphatic heterocycles. The van der Waals surface area contributed by atoms with E-state index >= 15 is 0 Å². The Balaban J connectivity index is 1.62. The fourth-order valence-corrected chi connectivity index (χ4v) is 6.92. The molecule has 25 heavy (non-hydrogen) atoms. The topological polar surface area (TPSA) is 74.6 Å². The third kappa shape index (κ3) is 2.43. The van der Waals surface area contributed by atoms with Crippen LogP contribution in [0.25, 0.3) is 0 Å².